The van der Waals surface area contributed by atoms with Crippen molar-refractivity contribution in [2.24, 2.45) is 0 Å². The third-order valence-electron chi connectivity index (χ3n) is 5.37. The first-order valence-corrected chi connectivity index (χ1v) is 10.2. The lowest BCUT2D eigenvalue weighted by atomic mass is 9.93. The van der Waals surface area contributed by atoms with E-state index in [2.05, 4.69) is 0 Å². The molecule has 1 aliphatic rings. The largest absolute Gasteiger partial charge is 0.492 e. The van der Waals surface area contributed by atoms with E-state index in [9.17, 15) is 24.8 Å². The number of nitrogens with zero attached hydrogens (tertiary/aromatic N) is 2. The van der Waals surface area contributed by atoms with Crippen LogP contribution < -0.4 is 4.74 Å². The van der Waals surface area contributed by atoms with Crippen molar-refractivity contribution in [3.05, 3.63) is 33.4 Å². The molecule has 1 saturated carbocycles. The molecule has 8 nitrogen and oxygen atoms in total. The lowest BCUT2D eigenvalue weighted by molar-refractivity contribution is -0.385. The molecule has 1 aliphatic carbocycles. The minimum Gasteiger partial charge on any atom is -0.492 e. The summed E-state index contributed by atoms with van der Waals surface area (Å²) in [6, 6.07) is 2.95. The first-order chi connectivity index (χ1) is 13.9. The van der Waals surface area contributed by atoms with Crippen molar-refractivity contribution >= 4 is 17.9 Å². The monoisotopic (exact) mass is 406 g/mol. The van der Waals surface area contributed by atoms with Crippen LogP contribution in [0, 0.1) is 17.0 Å². The van der Waals surface area contributed by atoms with Gasteiger partial charge >= 0.3 is 0 Å². The predicted octanol–water partition coefficient (Wildman–Crippen LogP) is 3.76. The normalized spacial score (nSPS) is 15.6. The molecule has 0 spiro atoms. The van der Waals surface area contributed by atoms with Crippen LogP contribution in [0.15, 0.2) is 12.1 Å². The van der Waals surface area contributed by atoms with Crippen LogP contribution in [0.2, 0.25) is 0 Å². The highest BCUT2D eigenvalue weighted by Crippen LogP contribution is 2.30. The predicted molar refractivity (Wildman–Crippen MR) is 108 cm³/mol. The molecule has 1 aromatic rings. The Hall–Kier alpha value is -2.48. The minimum atomic E-state index is -0.801. The summed E-state index contributed by atoms with van der Waals surface area (Å²) in [7, 11) is 0. The van der Waals surface area contributed by atoms with E-state index in [1.165, 1.54) is 12.5 Å². The molecule has 0 aromatic heterocycles. The standard InChI is InChI=1S/C21H30N2O6/c1-15-11-12-19(23(27)28)18(14-24)21(15)29-13-7-6-10-20(26)22(16(2)25)17-8-4-3-5-9-17/h11-12,14,16-17,25H,3-10,13H2,1-2H3. The number of rotatable bonds is 10. The number of aldehydes is 1. The van der Waals surface area contributed by atoms with Crippen molar-refractivity contribution < 1.29 is 24.4 Å². The van der Waals surface area contributed by atoms with E-state index in [0.29, 0.717) is 31.1 Å². The van der Waals surface area contributed by atoms with Gasteiger partial charge in [0.25, 0.3) is 5.69 Å². The number of unbranched alkanes of at least 4 members (excludes halogenated alkanes) is 1. The van der Waals surface area contributed by atoms with Gasteiger partial charge in [-0.3, -0.25) is 19.7 Å². The van der Waals surface area contributed by atoms with Crippen molar-refractivity contribution in [3.8, 4) is 5.75 Å². The Morgan fingerprint density at radius 3 is 2.62 bits per heavy atom. The van der Waals surface area contributed by atoms with E-state index >= 15 is 0 Å². The molecule has 8 heteroatoms. The van der Waals surface area contributed by atoms with Gasteiger partial charge in [0.15, 0.2) is 6.29 Å². The maximum Gasteiger partial charge on any atom is 0.283 e. The van der Waals surface area contributed by atoms with E-state index in [0.717, 1.165) is 25.7 Å². The van der Waals surface area contributed by atoms with Gasteiger partial charge in [0.1, 0.15) is 17.5 Å². The quantitative estimate of drug-likeness (QED) is 0.208. The zero-order valence-electron chi connectivity index (χ0n) is 17.1. The molecule has 1 unspecified atom stereocenters. The van der Waals surface area contributed by atoms with Gasteiger partial charge < -0.3 is 14.7 Å². The van der Waals surface area contributed by atoms with Gasteiger partial charge in [0.05, 0.1) is 11.5 Å². The molecule has 1 atom stereocenters. The number of aryl methyl sites for hydroxylation is 1. The van der Waals surface area contributed by atoms with Crippen LogP contribution >= 0.6 is 0 Å². The second kappa shape index (κ2) is 10.9. The van der Waals surface area contributed by atoms with Gasteiger partial charge in [-0.1, -0.05) is 19.3 Å². The Balaban J connectivity index is 1.87. The fraction of sp³-hybridized carbons (Fsp3) is 0.619. The highest BCUT2D eigenvalue weighted by molar-refractivity contribution is 5.86. The molecule has 29 heavy (non-hydrogen) atoms. The van der Waals surface area contributed by atoms with E-state index in [-0.39, 0.29) is 35.6 Å². The number of nitro benzene ring substituents is 1. The summed E-state index contributed by atoms with van der Waals surface area (Å²) in [5, 5.41) is 21.1. The van der Waals surface area contributed by atoms with Crippen molar-refractivity contribution in [3.63, 3.8) is 0 Å². The van der Waals surface area contributed by atoms with Gasteiger partial charge in [-0.15, -0.1) is 0 Å². The van der Waals surface area contributed by atoms with Crippen LogP contribution in [0.5, 0.6) is 5.75 Å². The van der Waals surface area contributed by atoms with Crippen LogP contribution in [0.25, 0.3) is 0 Å². The van der Waals surface area contributed by atoms with Crippen LogP contribution in [0.1, 0.15) is 74.2 Å². The molecule has 1 aromatic carbocycles. The third kappa shape index (κ3) is 6.00. The molecule has 1 fully saturated rings. The Bertz CT molecular complexity index is 728. The zero-order valence-corrected chi connectivity index (χ0v) is 17.1. The number of carbonyl (C=O) groups excluding carboxylic acids is 2. The van der Waals surface area contributed by atoms with E-state index < -0.39 is 11.2 Å². The molecular weight excluding hydrogens is 376 g/mol. The highest BCUT2D eigenvalue weighted by atomic mass is 16.6. The number of aliphatic hydroxyl groups is 1. The number of carbonyl (C=O) groups is 2. The van der Waals surface area contributed by atoms with Crippen LogP contribution in [0.4, 0.5) is 5.69 Å². The topological polar surface area (TPSA) is 110 Å². The average molecular weight is 406 g/mol. The highest BCUT2D eigenvalue weighted by Gasteiger charge is 2.28. The van der Waals surface area contributed by atoms with Crippen LogP contribution in [0.3, 0.4) is 0 Å². The number of hydrogen-bond donors (Lipinski definition) is 1. The van der Waals surface area contributed by atoms with Gasteiger partial charge in [0, 0.05) is 18.5 Å². The summed E-state index contributed by atoms with van der Waals surface area (Å²) in [5.74, 6) is 0.153. The number of nitro groups is 1. The maximum absolute atomic E-state index is 12.6. The van der Waals surface area contributed by atoms with Gasteiger partial charge in [-0.25, -0.2) is 0 Å². The second-order valence-corrected chi connectivity index (χ2v) is 7.55. The summed E-state index contributed by atoms with van der Waals surface area (Å²) < 4.78 is 5.65. The zero-order chi connectivity index (χ0) is 21.4. The molecule has 0 aliphatic heterocycles. The fourth-order valence-electron chi connectivity index (χ4n) is 3.92. The molecule has 160 valence electrons. The second-order valence-electron chi connectivity index (χ2n) is 7.55. The molecule has 1 N–H and O–H groups in total. The summed E-state index contributed by atoms with van der Waals surface area (Å²) >= 11 is 0. The summed E-state index contributed by atoms with van der Waals surface area (Å²) in [5.41, 5.74) is 0.297. The Labute approximate surface area is 171 Å². The number of amides is 1. The van der Waals surface area contributed by atoms with E-state index in [1.807, 2.05) is 0 Å². The molecule has 0 bridgehead atoms. The number of ether oxygens (including phenoxy) is 1. The van der Waals surface area contributed by atoms with Crippen LogP contribution in [-0.2, 0) is 4.79 Å². The molecule has 0 saturated heterocycles. The number of hydrogen-bond acceptors (Lipinski definition) is 6. The maximum atomic E-state index is 12.6. The van der Waals surface area contributed by atoms with Crippen molar-refractivity contribution in [1.82, 2.24) is 4.90 Å². The van der Waals surface area contributed by atoms with E-state index in [1.54, 1.807) is 24.8 Å². The van der Waals surface area contributed by atoms with Crippen molar-refractivity contribution in [1.29, 1.82) is 0 Å². The fourth-order valence-corrected chi connectivity index (χ4v) is 3.92. The van der Waals surface area contributed by atoms with Gasteiger partial charge in [0.2, 0.25) is 5.91 Å². The molecule has 1 amide bonds. The van der Waals surface area contributed by atoms with Gasteiger partial charge in [-0.05, 0) is 51.2 Å². The van der Waals surface area contributed by atoms with Crippen molar-refractivity contribution in [2.45, 2.75) is 77.5 Å². The number of aliphatic hydroxyl groups excluding tert-OH is 1. The third-order valence-corrected chi connectivity index (χ3v) is 5.37. The number of benzene rings is 1. The first-order valence-electron chi connectivity index (χ1n) is 10.2. The Kier molecular flexibility index (Phi) is 8.57. The molecule has 2 rings (SSSR count). The lowest BCUT2D eigenvalue weighted by Crippen LogP contribution is -2.46. The minimum absolute atomic E-state index is 0.0630. The Morgan fingerprint density at radius 1 is 1.34 bits per heavy atom. The molecular formula is C21H30N2O6. The van der Waals surface area contributed by atoms with Gasteiger partial charge in [-0.2, -0.15) is 0 Å². The average Bonchev–Trinajstić information content (AvgIpc) is 2.68. The smallest absolute Gasteiger partial charge is 0.283 e. The summed E-state index contributed by atoms with van der Waals surface area (Å²) in [4.78, 5) is 36.0. The van der Waals surface area contributed by atoms with E-state index in [4.69, 9.17) is 4.74 Å². The Morgan fingerprint density at radius 2 is 2.03 bits per heavy atom. The first kappa shape index (κ1) is 22.8. The SMILES string of the molecule is Cc1ccc([N+](=O)[O-])c(C=O)c1OCCCCC(=O)N(C(C)O)C1CCCCC1. The van der Waals surface area contributed by atoms with Crippen molar-refractivity contribution in [2.75, 3.05) is 6.61 Å². The summed E-state index contributed by atoms with van der Waals surface area (Å²) in [6.07, 6.45) is 6.27. The van der Waals surface area contributed by atoms with Crippen LogP contribution in [-0.4, -0.2) is 46.0 Å². The summed E-state index contributed by atoms with van der Waals surface area (Å²) in [6.45, 7) is 3.59. The lowest BCUT2D eigenvalue weighted by Gasteiger charge is -2.36. The molecule has 0 radical (unpaired) electrons. The molecule has 0 heterocycles.